The van der Waals surface area contributed by atoms with Gasteiger partial charge in [0.25, 0.3) is 0 Å². The molecule has 0 radical (unpaired) electrons. The van der Waals surface area contributed by atoms with Crippen LogP contribution in [-0.2, 0) is 4.74 Å². The lowest BCUT2D eigenvalue weighted by molar-refractivity contribution is 0.0973. The van der Waals surface area contributed by atoms with Gasteiger partial charge in [-0.25, -0.2) is 0 Å². The Hall–Kier alpha value is -0.580. The Bertz CT molecular complexity index is 322. The van der Waals surface area contributed by atoms with E-state index in [1.165, 1.54) is 0 Å². The van der Waals surface area contributed by atoms with Crippen molar-refractivity contribution >= 4 is 21.6 Å². The first kappa shape index (κ1) is 11.9. The first-order chi connectivity index (χ1) is 7.79. The summed E-state index contributed by atoms with van der Waals surface area (Å²) in [6, 6.07) is 8.34. The number of halogens is 1. The molecule has 16 heavy (non-hydrogen) atoms. The van der Waals surface area contributed by atoms with Crippen molar-refractivity contribution in [3.63, 3.8) is 0 Å². The number of hydrogen-bond donors (Lipinski definition) is 2. The molecule has 3 N–H and O–H groups in total. The molecule has 1 heterocycles. The molecule has 3 nitrogen and oxygen atoms in total. The molecule has 0 spiro atoms. The van der Waals surface area contributed by atoms with Crippen LogP contribution in [0.5, 0.6) is 0 Å². The van der Waals surface area contributed by atoms with Gasteiger partial charge in [0.15, 0.2) is 0 Å². The van der Waals surface area contributed by atoms with Crippen molar-refractivity contribution in [3.8, 4) is 0 Å². The van der Waals surface area contributed by atoms with Crippen LogP contribution in [-0.4, -0.2) is 25.3 Å². The zero-order valence-electron chi connectivity index (χ0n) is 9.16. The molecule has 1 aromatic rings. The molecular formula is C12H17BrN2O. The normalized spacial score (nSPS) is 22.0. The van der Waals surface area contributed by atoms with E-state index in [9.17, 15) is 0 Å². The molecule has 0 aromatic heterocycles. The van der Waals surface area contributed by atoms with E-state index in [0.717, 1.165) is 29.6 Å². The van der Waals surface area contributed by atoms with Crippen LogP contribution in [0.15, 0.2) is 28.7 Å². The Kier molecular flexibility index (Phi) is 4.21. The second-order valence-corrected chi connectivity index (χ2v) is 4.96. The van der Waals surface area contributed by atoms with Gasteiger partial charge in [-0.3, -0.25) is 0 Å². The number of ether oxygens (including phenoxy) is 1. The first-order valence-electron chi connectivity index (χ1n) is 5.63. The first-order valence-corrected chi connectivity index (χ1v) is 6.42. The highest BCUT2D eigenvalue weighted by Crippen LogP contribution is 2.20. The molecule has 0 aliphatic carbocycles. The van der Waals surface area contributed by atoms with Crippen molar-refractivity contribution in [3.05, 3.63) is 28.7 Å². The molecule has 4 heteroatoms. The van der Waals surface area contributed by atoms with Gasteiger partial charge in [0.05, 0.1) is 12.1 Å². The van der Waals surface area contributed by atoms with E-state index in [1.807, 2.05) is 24.3 Å². The summed E-state index contributed by atoms with van der Waals surface area (Å²) in [5.74, 6) is 0. The summed E-state index contributed by atoms with van der Waals surface area (Å²) in [4.78, 5) is 0. The van der Waals surface area contributed by atoms with E-state index >= 15 is 0 Å². The highest BCUT2D eigenvalue weighted by molar-refractivity contribution is 9.10. The second kappa shape index (κ2) is 5.66. The monoisotopic (exact) mass is 284 g/mol. The average molecular weight is 285 g/mol. The lowest BCUT2D eigenvalue weighted by Crippen LogP contribution is -2.39. The van der Waals surface area contributed by atoms with Crippen molar-refractivity contribution in [2.24, 2.45) is 5.73 Å². The van der Waals surface area contributed by atoms with Gasteiger partial charge in [0.2, 0.25) is 0 Å². The van der Waals surface area contributed by atoms with Crippen LogP contribution in [0.4, 0.5) is 5.69 Å². The van der Waals surface area contributed by atoms with Crippen LogP contribution in [0.1, 0.15) is 12.8 Å². The number of rotatable bonds is 4. The minimum Gasteiger partial charge on any atom is -0.378 e. The van der Waals surface area contributed by atoms with Crippen molar-refractivity contribution in [1.29, 1.82) is 0 Å². The van der Waals surface area contributed by atoms with E-state index in [2.05, 4.69) is 21.2 Å². The maximum Gasteiger partial charge on any atom is 0.0789 e. The molecule has 0 saturated carbocycles. The molecule has 0 amide bonds. The molecule has 1 aromatic carbocycles. The molecule has 1 fully saturated rings. The smallest absolute Gasteiger partial charge is 0.0789 e. The van der Waals surface area contributed by atoms with Gasteiger partial charge in [-0.05, 0) is 37.1 Å². The number of benzene rings is 1. The summed E-state index contributed by atoms with van der Waals surface area (Å²) in [5.41, 5.74) is 6.87. The summed E-state index contributed by atoms with van der Waals surface area (Å²) < 4.78 is 6.73. The van der Waals surface area contributed by atoms with Gasteiger partial charge in [0, 0.05) is 23.3 Å². The zero-order valence-corrected chi connectivity index (χ0v) is 10.7. The third kappa shape index (κ3) is 2.97. The van der Waals surface area contributed by atoms with Gasteiger partial charge in [0.1, 0.15) is 0 Å². The van der Waals surface area contributed by atoms with Crippen molar-refractivity contribution in [2.45, 2.75) is 25.0 Å². The molecule has 88 valence electrons. The van der Waals surface area contributed by atoms with Gasteiger partial charge in [-0.15, -0.1) is 0 Å². The Morgan fingerprint density at radius 2 is 2.19 bits per heavy atom. The SMILES string of the molecule is NCC(Nc1ccc(Br)cc1)C1CCCO1. The van der Waals surface area contributed by atoms with Gasteiger partial charge in [-0.1, -0.05) is 15.9 Å². The van der Waals surface area contributed by atoms with Crippen molar-refractivity contribution in [2.75, 3.05) is 18.5 Å². The van der Waals surface area contributed by atoms with Crippen LogP contribution >= 0.6 is 15.9 Å². The van der Waals surface area contributed by atoms with Crippen LogP contribution in [0, 0.1) is 0 Å². The standard InChI is InChI=1S/C12H17BrN2O/c13-9-3-5-10(6-4-9)15-11(8-14)12-2-1-7-16-12/h3-6,11-12,15H,1-2,7-8,14H2. The minimum atomic E-state index is 0.212. The quantitative estimate of drug-likeness (QED) is 0.892. The number of hydrogen-bond acceptors (Lipinski definition) is 3. The Morgan fingerprint density at radius 1 is 1.44 bits per heavy atom. The Morgan fingerprint density at radius 3 is 2.75 bits per heavy atom. The molecule has 1 aliphatic heterocycles. The third-order valence-electron chi connectivity index (χ3n) is 2.86. The van der Waals surface area contributed by atoms with Gasteiger partial charge in [-0.2, -0.15) is 0 Å². The maximum absolute atomic E-state index is 5.78. The van der Waals surface area contributed by atoms with Gasteiger partial charge >= 0.3 is 0 Å². The lowest BCUT2D eigenvalue weighted by Gasteiger charge is -2.23. The predicted molar refractivity (Wildman–Crippen MR) is 69.6 cm³/mol. The molecule has 2 unspecified atom stereocenters. The van der Waals surface area contributed by atoms with E-state index in [4.69, 9.17) is 10.5 Å². The summed E-state index contributed by atoms with van der Waals surface area (Å²) >= 11 is 3.42. The predicted octanol–water partition coefficient (Wildman–Crippen LogP) is 2.37. The van der Waals surface area contributed by atoms with E-state index in [-0.39, 0.29) is 12.1 Å². The fourth-order valence-electron chi connectivity index (χ4n) is 1.98. The molecular weight excluding hydrogens is 268 g/mol. The minimum absolute atomic E-state index is 0.212. The second-order valence-electron chi connectivity index (χ2n) is 4.04. The topological polar surface area (TPSA) is 47.3 Å². The van der Waals surface area contributed by atoms with E-state index < -0.39 is 0 Å². The largest absolute Gasteiger partial charge is 0.378 e. The van der Waals surface area contributed by atoms with Gasteiger partial charge < -0.3 is 15.8 Å². The Labute approximate surface area is 104 Å². The fourth-order valence-corrected chi connectivity index (χ4v) is 2.25. The van der Waals surface area contributed by atoms with Crippen LogP contribution in [0.25, 0.3) is 0 Å². The molecule has 2 atom stereocenters. The number of anilines is 1. The summed E-state index contributed by atoms with van der Waals surface area (Å²) in [6.07, 6.45) is 2.50. The number of nitrogens with two attached hydrogens (primary N) is 1. The van der Waals surface area contributed by atoms with Crippen LogP contribution in [0.2, 0.25) is 0 Å². The van der Waals surface area contributed by atoms with E-state index in [0.29, 0.717) is 6.54 Å². The zero-order chi connectivity index (χ0) is 11.4. The van der Waals surface area contributed by atoms with Crippen LogP contribution < -0.4 is 11.1 Å². The third-order valence-corrected chi connectivity index (χ3v) is 3.39. The summed E-state index contributed by atoms with van der Waals surface area (Å²) in [6.45, 7) is 1.46. The summed E-state index contributed by atoms with van der Waals surface area (Å²) in [7, 11) is 0. The molecule has 1 saturated heterocycles. The highest BCUT2D eigenvalue weighted by Gasteiger charge is 2.24. The average Bonchev–Trinajstić information content (AvgIpc) is 2.82. The molecule has 1 aliphatic rings. The van der Waals surface area contributed by atoms with Crippen LogP contribution in [0.3, 0.4) is 0 Å². The maximum atomic E-state index is 5.78. The Balaban J connectivity index is 1.97. The lowest BCUT2D eigenvalue weighted by atomic mass is 10.1. The molecule has 0 bridgehead atoms. The fraction of sp³-hybridized carbons (Fsp3) is 0.500. The highest BCUT2D eigenvalue weighted by atomic mass is 79.9. The van der Waals surface area contributed by atoms with Crippen molar-refractivity contribution in [1.82, 2.24) is 0 Å². The number of nitrogens with one attached hydrogen (secondary N) is 1. The summed E-state index contributed by atoms with van der Waals surface area (Å²) in [5, 5.41) is 3.43. The van der Waals surface area contributed by atoms with E-state index in [1.54, 1.807) is 0 Å². The van der Waals surface area contributed by atoms with Crippen molar-refractivity contribution < 1.29 is 4.74 Å². The molecule has 2 rings (SSSR count).